The van der Waals surface area contributed by atoms with Crippen molar-refractivity contribution < 1.29 is 0 Å². The van der Waals surface area contributed by atoms with Gasteiger partial charge in [0.1, 0.15) is 0 Å². The highest BCUT2D eigenvalue weighted by Crippen LogP contribution is 2.38. The fourth-order valence-corrected chi connectivity index (χ4v) is 9.10. The van der Waals surface area contributed by atoms with Crippen LogP contribution >= 0.6 is 22.7 Å². The SMILES string of the molecule is c1ccc(-c2cccc(-c3ccc(-c4nc(-c5ccc6c(c5)sc5ccccc56)nc(-c5ccc6c(c5)sc5ccccc56)n4)cc3)c2)cc1. The van der Waals surface area contributed by atoms with Crippen LogP contribution < -0.4 is 0 Å². The lowest BCUT2D eigenvalue weighted by Crippen LogP contribution is -2.00. The summed E-state index contributed by atoms with van der Waals surface area (Å²) in [4.78, 5) is 15.3. The largest absolute Gasteiger partial charge is 0.208 e. The number of nitrogens with zero attached hydrogens (tertiary/aromatic N) is 3. The highest BCUT2D eigenvalue weighted by molar-refractivity contribution is 7.26. The molecule has 0 N–H and O–H groups in total. The number of hydrogen-bond donors (Lipinski definition) is 0. The molecule has 10 rings (SSSR count). The van der Waals surface area contributed by atoms with Gasteiger partial charge in [0.2, 0.25) is 0 Å². The van der Waals surface area contributed by atoms with Crippen LogP contribution in [0.5, 0.6) is 0 Å². The first-order chi connectivity index (χ1) is 24.7. The molecule has 0 amide bonds. The van der Waals surface area contributed by atoms with Crippen molar-refractivity contribution >= 4 is 63.0 Å². The van der Waals surface area contributed by atoms with Gasteiger partial charge >= 0.3 is 0 Å². The van der Waals surface area contributed by atoms with Crippen LogP contribution in [0.25, 0.3) is 96.8 Å². The summed E-state index contributed by atoms with van der Waals surface area (Å²) in [6, 6.07) is 58.1. The van der Waals surface area contributed by atoms with Gasteiger partial charge in [-0.15, -0.1) is 22.7 Å². The Bertz CT molecular complexity index is 2740. The van der Waals surface area contributed by atoms with E-state index in [-0.39, 0.29) is 0 Å². The van der Waals surface area contributed by atoms with Crippen LogP contribution in [0.15, 0.2) is 164 Å². The number of hydrogen-bond acceptors (Lipinski definition) is 5. The van der Waals surface area contributed by atoms with Crippen molar-refractivity contribution in [1.82, 2.24) is 15.0 Å². The molecule has 0 bridgehead atoms. The third kappa shape index (κ3) is 5.07. The molecular formula is C45H27N3S2. The van der Waals surface area contributed by atoms with Gasteiger partial charge in [-0.05, 0) is 52.6 Å². The third-order valence-corrected chi connectivity index (χ3v) is 11.6. The highest BCUT2D eigenvalue weighted by atomic mass is 32.1. The zero-order chi connectivity index (χ0) is 33.0. The molecule has 0 aliphatic heterocycles. The predicted molar refractivity (Wildman–Crippen MR) is 213 cm³/mol. The average Bonchev–Trinajstić information content (AvgIpc) is 3.76. The molecule has 234 valence electrons. The molecule has 0 fully saturated rings. The number of fused-ring (bicyclic) bond motifs is 6. The molecule has 7 aromatic carbocycles. The van der Waals surface area contributed by atoms with E-state index < -0.39 is 0 Å². The smallest absolute Gasteiger partial charge is 0.164 e. The summed E-state index contributed by atoms with van der Waals surface area (Å²) in [6.07, 6.45) is 0. The molecule has 0 saturated heterocycles. The molecule has 0 aliphatic rings. The minimum atomic E-state index is 0.655. The molecule has 50 heavy (non-hydrogen) atoms. The van der Waals surface area contributed by atoms with Crippen LogP contribution in [0.3, 0.4) is 0 Å². The molecule has 0 atom stereocenters. The Morgan fingerprint density at radius 1 is 0.260 bits per heavy atom. The minimum absolute atomic E-state index is 0.655. The monoisotopic (exact) mass is 673 g/mol. The van der Waals surface area contributed by atoms with E-state index in [0.29, 0.717) is 17.5 Å². The third-order valence-electron chi connectivity index (χ3n) is 9.36. The molecule has 5 heteroatoms. The topological polar surface area (TPSA) is 38.7 Å². The van der Waals surface area contributed by atoms with Crippen molar-refractivity contribution in [2.45, 2.75) is 0 Å². The number of aromatic nitrogens is 3. The molecule has 3 aromatic heterocycles. The molecule has 3 heterocycles. The molecule has 10 aromatic rings. The maximum Gasteiger partial charge on any atom is 0.164 e. The Balaban J connectivity index is 1.09. The van der Waals surface area contributed by atoms with E-state index in [1.54, 1.807) is 22.7 Å². The zero-order valence-electron chi connectivity index (χ0n) is 26.7. The first kappa shape index (κ1) is 29.0. The summed E-state index contributed by atoms with van der Waals surface area (Å²) in [6.45, 7) is 0. The van der Waals surface area contributed by atoms with E-state index in [4.69, 9.17) is 15.0 Å². The predicted octanol–water partition coefficient (Wildman–Crippen LogP) is 12.9. The van der Waals surface area contributed by atoms with Gasteiger partial charge in [0.15, 0.2) is 17.5 Å². The van der Waals surface area contributed by atoms with Crippen molar-refractivity contribution in [2.24, 2.45) is 0 Å². The van der Waals surface area contributed by atoms with Gasteiger partial charge in [0.25, 0.3) is 0 Å². The Morgan fingerprint density at radius 2 is 0.660 bits per heavy atom. The highest BCUT2D eigenvalue weighted by Gasteiger charge is 2.16. The van der Waals surface area contributed by atoms with Gasteiger partial charge in [-0.3, -0.25) is 0 Å². The zero-order valence-corrected chi connectivity index (χ0v) is 28.4. The van der Waals surface area contributed by atoms with Gasteiger partial charge in [-0.25, -0.2) is 15.0 Å². The second-order valence-electron chi connectivity index (χ2n) is 12.4. The first-order valence-corrected chi connectivity index (χ1v) is 18.2. The maximum atomic E-state index is 5.11. The van der Waals surface area contributed by atoms with Crippen molar-refractivity contribution in [2.75, 3.05) is 0 Å². The van der Waals surface area contributed by atoms with E-state index >= 15 is 0 Å². The van der Waals surface area contributed by atoms with Crippen LogP contribution in [0, 0.1) is 0 Å². The lowest BCUT2D eigenvalue weighted by molar-refractivity contribution is 1.08. The fourth-order valence-electron chi connectivity index (χ4n) is 6.81. The van der Waals surface area contributed by atoms with E-state index in [2.05, 4.69) is 164 Å². The quantitative estimate of drug-likeness (QED) is 0.182. The van der Waals surface area contributed by atoms with Gasteiger partial charge in [0, 0.05) is 57.0 Å². The van der Waals surface area contributed by atoms with E-state index in [9.17, 15) is 0 Å². The number of rotatable bonds is 5. The summed E-state index contributed by atoms with van der Waals surface area (Å²) < 4.78 is 5.01. The Morgan fingerprint density at radius 3 is 1.22 bits per heavy atom. The van der Waals surface area contributed by atoms with Gasteiger partial charge in [0.05, 0.1) is 0 Å². The summed E-state index contributed by atoms with van der Waals surface area (Å²) in [7, 11) is 0. The number of thiophene rings is 2. The summed E-state index contributed by atoms with van der Waals surface area (Å²) in [5.41, 5.74) is 7.62. The lowest BCUT2D eigenvalue weighted by Gasteiger charge is -2.10. The molecular weight excluding hydrogens is 647 g/mol. The fraction of sp³-hybridized carbons (Fsp3) is 0. The standard InChI is InChI=1S/C45H27N3S2/c1-2-9-28(10-3-1)31-11-8-12-32(25-31)29-17-19-30(20-18-29)43-46-44(33-21-23-37-35-13-4-6-15-39(35)49-41(37)26-33)48-45(47-43)34-22-24-38-36-14-5-7-16-40(36)50-42(38)27-34/h1-27H. The molecule has 0 unspecified atom stereocenters. The first-order valence-electron chi connectivity index (χ1n) is 16.6. The average molecular weight is 674 g/mol. The Kier molecular flexibility index (Phi) is 6.86. The molecule has 0 saturated carbocycles. The van der Waals surface area contributed by atoms with Crippen molar-refractivity contribution in [3.8, 4) is 56.4 Å². The van der Waals surface area contributed by atoms with Crippen molar-refractivity contribution in [1.29, 1.82) is 0 Å². The Hall–Kier alpha value is -6.01. The molecule has 0 radical (unpaired) electrons. The second kappa shape index (κ2) is 11.8. The van der Waals surface area contributed by atoms with Crippen LogP contribution in [-0.4, -0.2) is 15.0 Å². The Labute approximate surface area is 296 Å². The minimum Gasteiger partial charge on any atom is -0.208 e. The van der Waals surface area contributed by atoms with Crippen LogP contribution in [0.4, 0.5) is 0 Å². The number of benzene rings is 7. The van der Waals surface area contributed by atoms with Crippen LogP contribution in [0.1, 0.15) is 0 Å². The molecule has 3 nitrogen and oxygen atoms in total. The van der Waals surface area contributed by atoms with Crippen molar-refractivity contribution in [3.63, 3.8) is 0 Å². The van der Waals surface area contributed by atoms with Crippen LogP contribution in [-0.2, 0) is 0 Å². The summed E-state index contributed by atoms with van der Waals surface area (Å²) in [5.74, 6) is 1.99. The van der Waals surface area contributed by atoms with Gasteiger partial charge in [-0.2, -0.15) is 0 Å². The lowest BCUT2D eigenvalue weighted by atomic mass is 9.98. The summed E-state index contributed by atoms with van der Waals surface area (Å²) >= 11 is 3.61. The molecule has 0 spiro atoms. The van der Waals surface area contributed by atoms with Crippen molar-refractivity contribution in [3.05, 3.63) is 164 Å². The van der Waals surface area contributed by atoms with E-state index in [0.717, 1.165) is 22.3 Å². The maximum absolute atomic E-state index is 5.11. The summed E-state index contributed by atoms with van der Waals surface area (Å²) in [5, 5.41) is 5.07. The second-order valence-corrected chi connectivity index (χ2v) is 14.6. The van der Waals surface area contributed by atoms with E-state index in [1.807, 2.05) is 0 Å². The normalized spacial score (nSPS) is 11.6. The van der Waals surface area contributed by atoms with Gasteiger partial charge in [-0.1, -0.05) is 133 Å². The van der Waals surface area contributed by atoms with E-state index in [1.165, 1.54) is 57.0 Å². The van der Waals surface area contributed by atoms with Crippen LogP contribution in [0.2, 0.25) is 0 Å². The van der Waals surface area contributed by atoms with Gasteiger partial charge < -0.3 is 0 Å². The molecule has 0 aliphatic carbocycles.